The van der Waals surface area contributed by atoms with Gasteiger partial charge < -0.3 is 14.8 Å². The minimum atomic E-state index is -0.374. The average molecular weight is 410 g/mol. The van der Waals surface area contributed by atoms with E-state index in [2.05, 4.69) is 10.3 Å². The van der Waals surface area contributed by atoms with Crippen molar-refractivity contribution in [3.05, 3.63) is 52.5 Å². The lowest BCUT2D eigenvalue weighted by molar-refractivity contribution is -0.118. The highest BCUT2D eigenvalue weighted by molar-refractivity contribution is 7.17. The van der Waals surface area contributed by atoms with Gasteiger partial charge in [-0.05, 0) is 50.3 Å². The van der Waals surface area contributed by atoms with E-state index < -0.39 is 0 Å². The summed E-state index contributed by atoms with van der Waals surface area (Å²) in [5, 5.41) is 4.36. The number of thiophene rings is 1. The van der Waals surface area contributed by atoms with E-state index in [0.29, 0.717) is 28.4 Å². The number of carbonyl (C=O) groups is 2. The predicted molar refractivity (Wildman–Crippen MR) is 113 cm³/mol. The molecule has 29 heavy (non-hydrogen) atoms. The van der Waals surface area contributed by atoms with Crippen molar-refractivity contribution in [2.45, 2.75) is 32.6 Å². The summed E-state index contributed by atoms with van der Waals surface area (Å²) in [7, 11) is 0. The molecule has 2 aromatic heterocycles. The molecule has 1 aliphatic carbocycles. The van der Waals surface area contributed by atoms with E-state index in [1.165, 1.54) is 11.3 Å². The summed E-state index contributed by atoms with van der Waals surface area (Å²) in [6.45, 7) is 1.91. The molecule has 1 aromatic carbocycles. The fourth-order valence-corrected chi connectivity index (χ4v) is 4.87. The summed E-state index contributed by atoms with van der Waals surface area (Å²) < 4.78 is 10.9. The molecule has 0 radical (unpaired) electrons. The van der Waals surface area contributed by atoms with Crippen LogP contribution >= 0.6 is 11.3 Å². The van der Waals surface area contributed by atoms with Crippen molar-refractivity contribution < 1.29 is 19.1 Å². The van der Waals surface area contributed by atoms with Gasteiger partial charge in [0, 0.05) is 16.5 Å². The largest absolute Gasteiger partial charge is 0.481 e. The molecule has 1 N–H and O–H groups in total. The van der Waals surface area contributed by atoms with Gasteiger partial charge in [-0.25, -0.2) is 4.79 Å². The molecule has 6 nitrogen and oxygen atoms in total. The molecule has 7 heteroatoms. The zero-order valence-electron chi connectivity index (χ0n) is 16.2. The highest BCUT2D eigenvalue weighted by atomic mass is 32.1. The molecule has 1 amide bonds. The van der Waals surface area contributed by atoms with Gasteiger partial charge in [0.05, 0.1) is 12.2 Å². The number of ether oxygens (including phenoxy) is 2. The van der Waals surface area contributed by atoms with Crippen LogP contribution in [0.25, 0.3) is 10.9 Å². The molecule has 0 bridgehead atoms. The monoisotopic (exact) mass is 410 g/mol. The molecule has 0 spiro atoms. The normalized spacial score (nSPS) is 13.0. The number of esters is 1. The van der Waals surface area contributed by atoms with Gasteiger partial charge in [0.1, 0.15) is 16.3 Å². The summed E-state index contributed by atoms with van der Waals surface area (Å²) in [6.07, 6.45) is 5.60. The zero-order chi connectivity index (χ0) is 20.2. The third-order valence-electron chi connectivity index (χ3n) is 4.86. The Balaban J connectivity index is 1.51. The maximum atomic E-state index is 12.6. The van der Waals surface area contributed by atoms with Crippen molar-refractivity contribution in [3.63, 3.8) is 0 Å². The first-order chi connectivity index (χ1) is 14.2. The van der Waals surface area contributed by atoms with Gasteiger partial charge in [0.15, 0.2) is 6.61 Å². The van der Waals surface area contributed by atoms with E-state index in [1.54, 1.807) is 19.2 Å². The van der Waals surface area contributed by atoms with E-state index in [-0.39, 0.29) is 18.5 Å². The molecule has 0 unspecified atom stereocenters. The molecule has 1 aliphatic rings. The van der Waals surface area contributed by atoms with Crippen molar-refractivity contribution in [2.75, 3.05) is 18.5 Å². The topological polar surface area (TPSA) is 77.5 Å². The molecular weight excluding hydrogens is 388 g/mol. The zero-order valence-corrected chi connectivity index (χ0v) is 17.0. The lowest BCUT2D eigenvalue weighted by Gasteiger charge is -2.12. The number of amides is 1. The Labute approximate surface area is 172 Å². The van der Waals surface area contributed by atoms with Crippen molar-refractivity contribution in [3.8, 4) is 5.75 Å². The number of fused-ring (bicyclic) bond motifs is 2. The number of pyridine rings is 1. The predicted octanol–water partition coefficient (Wildman–Crippen LogP) is 4.37. The van der Waals surface area contributed by atoms with Gasteiger partial charge in [-0.3, -0.25) is 9.78 Å². The van der Waals surface area contributed by atoms with Gasteiger partial charge in [0.2, 0.25) is 0 Å². The number of nitrogens with one attached hydrogen (secondary N) is 1. The van der Waals surface area contributed by atoms with Crippen LogP contribution in [0.2, 0.25) is 0 Å². The number of benzene rings is 1. The minimum absolute atomic E-state index is 0.166. The second-order valence-electron chi connectivity index (χ2n) is 6.80. The fourth-order valence-electron chi connectivity index (χ4n) is 3.57. The van der Waals surface area contributed by atoms with E-state index in [9.17, 15) is 9.59 Å². The second-order valence-corrected chi connectivity index (χ2v) is 7.91. The third kappa shape index (κ3) is 4.10. The summed E-state index contributed by atoms with van der Waals surface area (Å²) >= 11 is 1.47. The fraction of sp³-hybridized carbons (Fsp3) is 0.318. The summed E-state index contributed by atoms with van der Waals surface area (Å²) in [5.41, 5.74) is 2.24. The van der Waals surface area contributed by atoms with Crippen LogP contribution in [-0.2, 0) is 22.4 Å². The number of aryl methyl sites for hydroxylation is 1. The molecule has 0 atom stereocenters. The number of nitrogens with zero attached hydrogens (tertiary/aromatic N) is 1. The van der Waals surface area contributed by atoms with Crippen LogP contribution in [0.15, 0.2) is 36.5 Å². The Morgan fingerprint density at radius 2 is 2.00 bits per heavy atom. The quantitative estimate of drug-likeness (QED) is 0.611. The number of hydrogen-bond acceptors (Lipinski definition) is 6. The molecule has 0 aliphatic heterocycles. The summed E-state index contributed by atoms with van der Waals surface area (Å²) in [4.78, 5) is 30.6. The minimum Gasteiger partial charge on any atom is -0.481 e. The third-order valence-corrected chi connectivity index (χ3v) is 6.07. The Morgan fingerprint density at radius 1 is 1.17 bits per heavy atom. The van der Waals surface area contributed by atoms with Crippen LogP contribution < -0.4 is 10.1 Å². The second kappa shape index (κ2) is 8.61. The molecular formula is C22H22N2O4S. The van der Waals surface area contributed by atoms with E-state index in [1.807, 2.05) is 24.3 Å². The van der Waals surface area contributed by atoms with Crippen molar-refractivity contribution in [2.24, 2.45) is 0 Å². The Hall–Kier alpha value is -2.93. The number of para-hydroxylation sites is 1. The van der Waals surface area contributed by atoms with Crippen molar-refractivity contribution in [1.29, 1.82) is 0 Å². The number of hydrogen-bond donors (Lipinski definition) is 1. The van der Waals surface area contributed by atoms with E-state index >= 15 is 0 Å². The van der Waals surface area contributed by atoms with Crippen molar-refractivity contribution in [1.82, 2.24) is 4.98 Å². The van der Waals surface area contributed by atoms with Gasteiger partial charge in [0.25, 0.3) is 5.91 Å². The first-order valence-electron chi connectivity index (χ1n) is 9.75. The molecule has 3 aromatic rings. The van der Waals surface area contributed by atoms with Crippen LogP contribution in [0, 0.1) is 0 Å². The van der Waals surface area contributed by atoms with E-state index in [0.717, 1.165) is 41.5 Å². The SMILES string of the molecule is CCOC(=O)c1c(NC(=O)COc2cccc3cccnc23)sc2c1CCCC2. The van der Waals surface area contributed by atoms with Crippen LogP contribution in [0.1, 0.15) is 40.6 Å². The number of anilines is 1. The van der Waals surface area contributed by atoms with Gasteiger partial charge in [-0.15, -0.1) is 11.3 Å². The van der Waals surface area contributed by atoms with Gasteiger partial charge in [-0.2, -0.15) is 0 Å². The van der Waals surface area contributed by atoms with Gasteiger partial charge in [-0.1, -0.05) is 18.2 Å². The number of aromatic nitrogens is 1. The lowest BCUT2D eigenvalue weighted by atomic mass is 9.95. The summed E-state index contributed by atoms with van der Waals surface area (Å²) in [6, 6.07) is 9.39. The Morgan fingerprint density at radius 3 is 2.86 bits per heavy atom. The summed E-state index contributed by atoms with van der Waals surface area (Å²) in [5.74, 6) is -0.141. The maximum absolute atomic E-state index is 12.6. The van der Waals surface area contributed by atoms with Crippen LogP contribution in [0.4, 0.5) is 5.00 Å². The first kappa shape index (κ1) is 19.4. The smallest absolute Gasteiger partial charge is 0.341 e. The Bertz CT molecular complexity index is 1050. The van der Waals surface area contributed by atoms with Crippen molar-refractivity contribution >= 4 is 39.1 Å². The molecule has 2 heterocycles. The van der Waals surface area contributed by atoms with Crippen LogP contribution in [0.3, 0.4) is 0 Å². The Kier molecular flexibility index (Phi) is 5.76. The average Bonchev–Trinajstić information content (AvgIpc) is 3.10. The number of rotatable bonds is 6. The molecule has 0 fully saturated rings. The molecule has 4 rings (SSSR count). The highest BCUT2D eigenvalue weighted by Gasteiger charge is 2.27. The standard InChI is InChI=1S/C22H22N2O4S/c1-2-27-22(26)19-15-9-3-4-11-17(15)29-21(19)24-18(25)13-28-16-10-5-7-14-8-6-12-23-20(14)16/h5-8,10,12H,2-4,9,11,13H2,1H3,(H,24,25). The van der Waals surface area contributed by atoms with Crippen LogP contribution in [-0.4, -0.2) is 30.1 Å². The van der Waals surface area contributed by atoms with Crippen LogP contribution in [0.5, 0.6) is 5.75 Å². The van der Waals surface area contributed by atoms with Gasteiger partial charge >= 0.3 is 5.97 Å². The molecule has 0 saturated heterocycles. The maximum Gasteiger partial charge on any atom is 0.341 e. The first-order valence-corrected chi connectivity index (χ1v) is 10.6. The lowest BCUT2D eigenvalue weighted by Crippen LogP contribution is -2.21. The van der Waals surface area contributed by atoms with E-state index in [4.69, 9.17) is 9.47 Å². The molecule has 150 valence electrons. The molecule has 0 saturated carbocycles. The number of carbonyl (C=O) groups excluding carboxylic acids is 2. The highest BCUT2D eigenvalue weighted by Crippen LogP contribution is 2.38.